The third kappa shape index (κ3) is 2.67. The molecule has 0 aliphatic heterocycles. The Labute approximate surface area is 109 Å². The van der Waals surface area contributed by atoms with Crippen molar-refractivity contribution in [1.82, 2.24) is 0 Å². The van der Waals surface area contributed by atoms with E-state index in [4.69, 9.17) is 0 Å². The molecular weight excluding hydrogens is 281 g/mol. The van der Waals surface area contributed by atoms with Crippen LogP contribution in [0.1, 0.15) is 5.56 Å². The number of rotatable bonds is 3. The normalized spacial score (nSPS) is 10.3. The van der Waals surface area contributed by atoms with Crippen molar-refractivity contribution in [2.75, 3.05) is 11.9 Å². The van der Waals surface area contributed by atoms with Gasteiger partial charge in [0.1, 0.15) is 5.82 Å². The van der Waals surface area contributed by atoms with E-state index >= 15 is 0 Å². The average molecular weight is 294 g/mol. The van der Waals surface area contributed by atoms with E-state index in [1.165, 1.54) is 0 Å². The molecule has 0 heterocycles. The van der Waals surface area contributed by atoms with Crippen molar-refractivity contribution in [1.29, 1.82) is 0 Å². The summed E-state index contributed by atoms with van der Waals surface area (Å²) in [5.41, 5.74) is 2.49. The van der Waals surface area contributed by atoms with E-state index in [0.29, 0.717) is 11.0 Å². The van der Waals surface area contributed by atoms with E-state index in [0.717, 1.165) is 11.3 Å². The zero-order valence-electron chi connectivity index (χ0n) is 9.53. The van der Waals surface area contributed by atoms with Gasteiger partial charge in [-0.05, 0) is 29.8 Å². The molecule has 0 saturated carbocycles. The molecule has 0 bridgehead atoms. The maximum Gasteiger partial charge on any atom is 0.147 e. The monoisotopic (exact) mass is 293 g/mol. The topological polar surface area (TPSA) is 3.24 Å². The molecule has 0 radical (unpaired) electrons. The van der Waals surface area contributed by atoms with Gasteiger partial charge in [-0.2, -0.15) is 0 Å². The van der Waals surface area contributed by atoms with Crippen LogP contribution in [0.15, 0.2) is 48.5 Å². The lowest BCUT2D eigenvalue weighted by atomic mass is 10.2. The Bertz CT molecular complexity index is 499. The van der Waals surface area contributed by atoms with Gasteiger partial charge in [-0.1, -0.05) is 40.2 Å². The van der Waals surface area contributed by atoms with Crippen LogP contribution in [0, 0.1) is 5.82 Å². The largest absolute Gasteiger partial charge is 0.342 e. The Balaban J connectivity index is 2.34. The van der Waals surface area contributed by atoms with Gasteiger partial charge in [-0.25, -0.2) is 4.39 Å². The second kappa shape index (κ2) is 5.32. The summed E-state index contributed by atoms with van der Waals surface area (Å²) in [6, 6.07) is 15.0. The Kier molecular flexibility index (Phi) is 3.79. The molecule has 2 rings (SSSR count). The first-order chi connectivity index (χ1) is 8.22. The van der Waals surface area contributed by atoms with Gasteiger partial charge < -0.3 is 4.90 Å². The molecule has 0 atom stereocenters. The molecular formula is C14H13BrFN. The lowest BCUT2D eigenvalue weighted by Gasteiger charge is -2.20. The molecule has 88 valence electrons. The number of anilines is 2. The minimum Gasteiger partial charge on any atom is -0.342 e. The van der Waals surface area contributed by atoms with Crippen LogP contribution in [0.4, 0.5) is 15.8 Å². The summed E-state index contributed by atoms with van der Waals surface area (Å²) in [7, 11) is 1.86. The number of hydrogen-bond acceptors (Lipinski definition) is 1. The quantitative estimate of drug-likeness (QED) is 0.754. The molecule has 0 fully saturated rings. The van der Waals surface area contributed by atoms with Gasteiger partial charge in [0.05, 0.1) is 5.69 Å². The number of nitrogens with zero attached hydrogens (tertiary/aromatic N) is 1. The summed E-state index contributed by atoms with van der Waals surface area (Å²) < 4.78 is 13.9. The Hall–Kier alpha value is -1.35. The van der Waals surface area contributed by atoms with E-state index in [1.807, 2.05) is 48.3 Å². The maximum atomic E-state index is 13.9. The molecule has 0 amide bonds. The predicted molar refractivity (Wildman–Crippen MR) is 73.5 cm³/mol. The van der Waals surface area contributed by atoms with Crippen LogP contribution >= 0.6 is 15.9 Å². The Morgan fingerprint density at radius 2 is 1.82 bits per heavy atom. The molecule has 17 heavy (non-hydrogen) atoms. The second-order valence-electron chi connectivity index (χ2n) is 3.81. The summed E-state index contributed by atoms with van der Waals surface area (Å²) in [6.45, 7) is 0. The summed E-state index contributed by atoms with van der Waals surface area (Å²) in [4.78, 5) is 1.84. The van der Waals surface area contributed by atoms with Gasteiger partial charge in [0, 0.05) is 18.1 Å². The first kappa shape index (κ1) is 12.1. The van der Waals surface area contributed by atoms with Gasteiger partial charge >= 0.3 is 0 Å². The molecule has 3 heteroatoms. The zero-order chi connectivity index (χ0) is 12.3. The van der Waals surface area contributed by atoms with Gasteiger partial charge in [0.15, 0.2) is 0 Å². The molecule has 0 aliphatic carbocycles. The third-order valence-electron chi connectivity index (χ3n) is 2.67. The van der Waals surface area contributed by atoms with Gasteiger partial charge in [0.2, 0.25) is 0 Å². The third-order valence-corrected chi connectivity index (χ3v) is 3.32. The van der Waals surface area contributed by atoms with Crippen molar-refractivity contribution in [2.45, 2.75) is 5.33 Å². The Morgan fingerprint density at radius 3 is 2.41 bits per heavy atom. The minimum atomic E-state index is -0.201. The standard InChI is InChI=1S/C14H13BrFN/c1-17(12-5-3-2-4-6-12)14-8-7-11(10-15)9-13(14)16/h2-9H,10H2,1H3. The minimum absolute atomic E-state index is 0.201. The van der Waals surface area contributed by atoms with E-state index in [2.05, 4.69) is 15.9 Å². The van der Waals surface area contributed by atoms with Crippen LogP contribution in [0.2, 0.25) is 0 Å². The Morgan fingerprint density at radius 1 is 1.12 bits per heavy atom. The predicted octanol–water partition coefficient (Wildman–Crippen LogP) is 4.49. The molecule has 0 spiro atoms. The molecule has 0 aromatic heterocycles. The SMILES string of the molecule is CN(c1ccccc1)c1ccc(CBr)cc1F. The number of halogens is 2. The summed E-state index contributed by atoms with van der Waals surface area (Å²) >= 11 is 3.32. The maximum absolute atomic E-state index is 13.9. The van der Waals surface area contributed by atoms with Crippen LogP contribution in [0.3, 0.4) is 0 Å². The number of hydrogen-bond donors (Lipinski definition) is 0. The summed E-state index contributed by atoms with van der Waals surface area (Å²) in [6.07, 6.45) is 0. The number of para-hydroxylation sites is 1. The molecule has 0 N–H and O–H groups in total. The highest BCUT2D eigenvalue weighted by Crippen LogP contribution is 2.26. The van der Waals surface area contributed by atoms with Gasteiger partial charge in [-0.15, -0.1) is 0 Å². The van der Waals surface area contributed by atoms with Crippen LogP contribution in [0.25, 0.3) is 0 Å². The van der Waals surface area contributed by atoms with Crippen molar-refractivity contribution in [3.05, 3.63) is 59.9 Å². The molecule has 0 saturated heterocycles. The summed E-state index contributed by atoms with van der Waals surface area (Å²) in [5, 5.41) is 0.666. The number of alkyl halides is 1. The average Bonchev–Trinajstić information content (AvgIpc) is 2.39. The van der Waals surface area contributed by atoms with Crippen molar-refractivity contribution in [3.63, 3.8) is 0 Å². The lowest BCUT2D eigenvalue weighted by Crippen LogP contribution is -2.11. The molecule has 1 nitrogen and oxygen atoms in total. The van der Waals surface area contributed by atoms with Crippen LogP contribution in [-0.4, -0.2) is 7.05 Å². The fraction of sp³-hybridized carbons (Fsp3) is 0.143. The molecule has 2 aromatic rings. The van der Waals surface area contributed by atoms with Crippen molar-refractivity contribution < 1.29 is 4.39 Å². The van der Waals surface area contributed by atoms with Crippen molar-refractivity contribution in [3.8, 4) is 0 Å². The second-order valence-corrected chi connectivity index (χ2v) is 4.37. The lowest BCUT2D eigenvalue weighted by molar-refractivity contribution is 0.626. The van der Waals surface area contributed by atoms with E-state index in [1.54, 1.807) is 12.1 Å². The highest BCUT2D eigenvalue weighted by molar-refractivity contribution is 9.08. The molecule has 2 aromatic carbocycles. The van der Waals surface area contributed by atoms with E-state index < -0.39 is 0 Å². The first-order valence-electron chi connectivity index (χ1n) is 5.35. The summed E-state index contributed by atoms with van der Waals surface area (Å²) in [5.74, 6) is -0.201. The van der Waals surface area contributed by atoms with Crippen molar-refractivity contribution in [2.24, 2.45) is 0 Å². The van der Waals surface area contributed by atoms with Crippen molar-refractivity contribution >= 4 is 27.3 Å². The van der Waals surface area contributed by atoms with Crippen LogP contribution in [0.5, 0.6) is 0 Å². The van der Waals surface area contributed by atoms with Crippen LogP contribution < -0.4 is 4.90 Å². The molecule has 0 aliphatic rings. The smallest absolute Gasteiger partial charge is 0.147 e. The fourth-order valence-corrected chi connectivity index (χ4v) is 2.05. The van der Waals surface area contributed by atoms with Crippen LogP contribution in [-0.2, 0) is 5.33 Å². The molecule has 0 unspecified atom stereocenters. The fourth-order valence-electron chi connectivity index (χ4n) is 1.70. The zero-order valence-corrected chi connectivity index (χ0v) is 11.1. The van der Waals surface area contributed by atoms with Gasteiger partial charge in [0.25, 0.3) is 0 Å². The highest BCUT2D eigenvalue weighted by atomic mass is 79.9. The van der Waals surface area contributed by atoms with E-state index in [-0.39, 0.29) is 5.82 Å². The van der Waals surface area contributed by atoms with E-state index in [9.17, 15) is 4.39 Å². The first-order valence-corrected chi connectivity index (χ1v) is 6.47. The number of benzene rings is 2. The highest BCUT2D eigenvalue weighted by Gasteiger charge is 2.09. The van der Waals surface area contributed by atoms with Gasteiger partial charge in [-0.3, -0.25) is 0 Å².